The van der Waals surface area contributed by atoms with E-state index >= 15 is 0 Å². The molecule has 1 aromatic rings. The predicted octanol–water partition coefficient (Wildman–Crippen LogP) is 3.94. The summed E-state index contributed by atoms with van der Waals surface area (Å²) in [6.07, 6.45) is 6.78. The van der Waals surface area contributed by atoms with Crippen molar-refractivity contribution in [1.29, 1.82) is 0 Å². The zero-order chi connectivity index (χ0) is 12.3. The highest BCUT2D eigenvalue weighted by atomic mass is 14.9. The van der Waals surface area contributed by atoms with Crippen LogP contribution in [0.25, 0.3) is 0 Å². The molecule has 17 heavy (non-hydrogen) atoms. The summed E-state index contributed by atoms with van der Waals surface area (Å²) < 4.78 is 0. The number of nitrogens with one attached hydrogen (secondary N) is 1. The van der Waals surface area contributed by atoms with Crippen molar-refractivity contribution in [3.8, 4) is 0 Å². The molecule has 1 heteroatoms. The van der Waals surface area contributed by atoms with E-state index in [1.165, 1.54) is 43.2 Å². The van der Waals surface area contributed by atoms with E-state index in [1.807, 2.05) is 0 Å². The largest absolute Gasteiger partial charge is 0.317 e. The fourth-order valence-corrected chi connectivity index (χ4v) is 3.12. The van der Waals surface area contributed by atoms with Gasteiger partial charge < -0.3 is 5.32 Å². The first kappa shape index (κ1) is 12.6. The number of benzene rings is 1. The number of hydrogen-bond acceptors (Lipinski definition) is 1. The lowest BCUT2D eigenvalue weighted by Gasteiger charge is -2.22. The molecule has 0 saturated heterocycles. The van der Waals surface area contributed by atoms with Crippen molar-refractivity contribution in [2.75, 3.05) is 7.05 Å². The molecule has 1 aliphatic carbocycles. The molecule has 1 saturated carbocycles. The van der Waals surface area contributed by atoms with Gasteiger partial charge >= 0.3 is 0 Å². The minimum absolute atomic E-state index is 0.711. The second kappa shape index (κ2) is 5.68. The highest BCUT2D eigenvalue weighted by Crippen LogP contribution is 2.34. The van der Waals surface area contributed by atoms with Crippen molar-refractivity contribution >= 4 is 0 Å². The van der Waals surface area contributed by atoms with Crippen molar-refractivity contribution in [2.45, 2.75) is 57.9 Å². The fraction of sp³-hybridized carbons (Fsp3) is 0.625. The van der Waals surface area contributed by atoms with Crippen molar-refractivity contribution in [1.82, 2.24) is 5.32 Å². The van der Waals surface area contributed by atoms with Gasteiger partial charge in [-0.15, -0.1) is 0 Å². The van der Waals surface area contributed by atoms with E-state index in [0.29, 0.717) is 6.04 Å². The normalized spacial score (nSPS) is 25.6. The molecule has 0 aliphatic heterocycles. The first-order valence-corrected chi connectivity index (χ1v) is 6.95. The number of rotatable bonds is 2. The standard InChI is InChI=1S/C16H25N/c1-12-7-6-10-16(13(12)2)14-8-4-5-9-15(11-14)17-3/h6-7,10,14-15,17H,4-5,8-9,11H2,1-3H3. The van der Waals surface area contributed by atoms with Crippen LogP contribution in [-0.2, 0) is 0 Å². The predicted molar refractivity (Wildman–Crippen MR) is 74.6 cm³/mol. The van der Waals surface area contributed by atoms with E-state index in [0.717, 1.165) is 5.92 Å². The summed E-state index contributed by atoms with van der Waals surface area (Å²) in [6.45, 7) is 4.51. The molecule has 0 amide bonds. The third kappa shape index (κ3) is 2.90. The average Bonchev–Trinajstić information content (AvgIpc) is 2.58. The summed E-state index contributed by atoms with van der Waals surface area (Å²) in [6, 6.07) is 7.50. The maximum absolute atomic E-state index is 3.48. The quantitative estimate of drug-likeness (QED) is 0.760. The van der Waals surface area contributed by atoms with E-state index in [9.17, 15) is 0 Å². The summed E-state index contributed by atoms with van der Waals surface area (Å²) in [5.74, 6) is 0.759. The molecule has 0 aromatic heterocycles. The Morgan fingerprint density at radius 3 is 2.65 bits per heavy atom. The Balaban J connectivity index is 2.22. The SMILES string of the molecule is CNC1CCCCC(c2cccc(C)c2C)C1. The average molecular weight is 231 g/mol. The first-order chi connectivity index (χ1) is 8.22. The van der Waals surface area contributed by atoms with Crippen LogP contribution in [0.2, 0.25) is 0 Å². The molecule has 0 heterocycles. The highest BCUT2D eigenvalue weighted by Gasteiger charge is 2.21. The van der Waals surface area contributed by atoms with Crippen LogP contribution in [0.15, 0.2) is 18.2 Å². The Kier molecular flexibility index (Phi) is 4.22. The lowest BCUT2D eigenvalue weighted by atomic mass is 9.86. The van der Waals surface area contributed by atoms with Gasteiger partial charge in [-0.3, -0.25) is 0 Å². The van der Waals surface area contributed by atoms with Crippen LogP contribution in [0.3, 0.4) is 0 Å². The molecule has 1 aliphatic rings. The molecule has 1 aromatic carbocycles. The third-order valence-electron chi connectivity index (χ3n) is 4.42. The van der Waals surface area contributed by atoms with Crippen LogP contribution < -0.4 is 5.32 Å². The van der Waals surface area contributed by atoms with E-state index < -0.39 is 0 Å². The minimum atomic E-state index is 0.711. The third-order valence-corrected chi connectivity index (χ3v) is 4.42. The molecule has 0 bridgehead atoms. The van der Waals surface area contributed by atoms with Crippen LogP contribution in [0.5, 0.6) is 0 Å². The minimum Gasteiger partial charge on any atom is -0.317 e. The van der Waals surface area contributed by atoms with Crippen molar-refractivity contribution in [3.63, 3.8) is 0 Å². The van der Waals surface area contributed by atoms with Crippen molar-refractivity contribution in [3.05, 3.63) is 34.9 Å². The summed E-state index contributed by atoms with van der Waals surface area (Å²) in [5, 5.41) is 3.48. The molecule has 1 N–H and O–H groups in total. The maximum atomic E-state index is 3.48. The molecule has 0 spiro atoms. The molecule has 0 radical (unpaired) electrons. The van der Waals surface area contributed by atoms with Crippen LogP contribution in [-0.4, -0.2) is 13.1 Å². The number of hydrogen-bond donors (Lipinski definition) is 1. The van der Waals surface area contributed by atoms with E-state index in [1.54, 1.807) is 5.56 Å². The van der Waals surface area contributed by atoms with E-state index in [2.05, 4.69) is 44.4 Å². The zero-order valence-corrected chi connectivity index (χ0v) is 11.4. The van der Waals surface area contributed by atoms with Gasteiger partial charge in [0.15, 0.2) is 0 Å². The molecule has 2 unspecified atom stereocenters. The second-order valence-electron chi connectivity index (χ2n) is 5.49. The van der Waals surface area contributed by atoms with Crippen LogP contribution >= 0.6 is 0 Å². The lowest BCUT2D eigenvalue weighted by Crippen LogP contribution is -2.26. The van der Waals surface area contributed by atoms with Gasteiger partial charge in [-0.05, 0) is 62.8 Å². The fourth-order valence-electron chi connectivity index (χ4n) is 3.12. The van der Waals surface area contributed by atoms with Gasteiger partial charge in [0, 0.05) is 6.04 Å². The molecular formula is C16H25N. The van der Waals surface area contributed by atoms with Crippen molar-refractivity contribution < 1.29 is 0 Å². The highest BCUT2D eigenvalue weighted by molar-refractivity contribution is 5.35. The Hall–Kier alpha value is -0.820. The maximum Gasteiger partial charge on any atom is 0.00698 e. The van der Waals surface area contributed by atoms with Gasteiger partial charge in [-0.2, -0.15) is 0 Å². The molecule has 94 valence electrons. The molecule has 2 atom stereocenters. The van der Waals surface area contributed by atoms with Gasteiger partial charge in [-0.25, -0.2) is 0 Å². The van der Waals surface area contributed by atoms with Gasteiger partial charge in [0.25, 0.3) is 0 Å². The Morgan fingerprint density at radius 1 is 1.12 bits per heavy atom. The molecule has 1 fully saturated rings. The number of aryl methyl sites for hydroxylation is 1. The first-order valence-electron chi connectivity index (χ1n) is 6.95. The smallest absolute Gasteiger partial charge is 0.00698 e. The van der Waals surface area contributed by atoms with Crippen molar-refractivity contribution in [2.24, 2.45) is 0 Å². The van der Waals surface area contributed by atoms with E-state index in [4.69, 9.17) is 0 Å². The van der Waals surface area contributed by atoms with Gasteiger partial charge in [0.1, 0.15) is 0 Å². The zero-order valence-electron chi connectivity index (χ0n) is 11.4. The Labute approximate surface area is 106 Å². The summed E-state index contributed by atoms with van der Waals surface area (Å²) in [7, 11) is 2.11. The molecule has 1 nitrogen and oxygen atoms in total. The van der Waals surface area contributed by atoms with Gasteiger partial charge in [0.2, 0.25) is 0 Å². The van der Waals surface area contributed by atoms with Gasteiger partial charge in [-0.1, -0.05) is 31.0 Å². The monoisotopic (exact) mass is 231 g/mol. The molecule has 2 rings (SSSR count). The van der Waals surface area contributed by atoms with Crippen LogP contribution in [0.1, 0.15) is 54.7 Å². The van der Waals surface area contributed by atoms with Gasteiger partial charge in [0.05, 0.1) is 0 Å². The molecular weight excluding hydrogens is 206 g/mol. The van der Waals surface area contributed by atoms with Crippen LogP contribution in [0.4, 0.5) is 0 Å². The summed E-state index contributed by atoms with van der Waals surface area (Å²) in [4.78, 5) is 0. The van der Waals surface area contributed by atoms with Crippen LogP contribution in [0, 0.1) is 13.8 Å². The summed E-state index contributed by atoms with van der Waals surface area (Å²) >= 11 is 0. The van der Waals surface area contributed by atoms with E-state index in [-0.39, 0.29) is 0 Å². The topological polar surface area (TPSA) is 12.0 Å². The Morgan fingerprint density at radius 2 is 1.88 bits per heavy atom. The Bertz CT molecular complexity index is 370. The second-order valence-corrected chi connectivity index (χ2v) is 5.49. The lowest BCUT2D eigenvalue weighted by molar-refractivity contribution is 0.470. The summed E-state index contributed by atoms with van der Waals surface area (Å²) in [5.41, 5.74) is 4.54.